The summed E-state index contributed by atoms with van der Waals surface area (Å²) in [6, 6.07) is 0. The molecule has 0 radical (unpaired) electrons. The average molecular weight is 150 g/mol. The van der Waals surface area contributed by atoms with Crippen LogP contribution in [-0.4, -0.2) is 21.7 Å². The van der Waals surface area contributed by atoms with Gasteiger partial charge in [0.25, 0.3) is 0 Å². The third-order valence-electron chi connectivity index (χ3n) is 1.78. The Bertz CT molecular complexity index is 271. The predicted molar refractivity (Wildman–Crippen MR) is 40.0 cm³/mol. The molecule has 0 aliphatic carbocycles. The highest BCUT2D eigenvalue weighted by atomic mass is 15.2. The number of nitrogens with zero attached hydrogens (tertiary/aromatic N) is 3. The first-order valence-electron chi connectivity index (χ1n) is 3.76. The van der Waals surface area contributed by atoms with Crippen molar-refractivity contribution in [3.8, 4) is 0 Å². The van der Waals surface area contributed by atoms with E-state index in [1.165, 1.54) is 0 Å². The summed E-state index contributed by atoms with van der Waals surface area (Å²) in [6.07, 6.45) is 0.978. The molecule has 4 heteroatoms. The van der Waals surface area contributed by atoms with Gasteiger partial charge >= 0.3 is 0 Å². The van der Waals surface area contributed by atoms with E-state index < -0.39 is 0 Å². The van der Waals surface area contributed by atoms with E-state index in [2.05, 4.69) is 20.5 Å². The molecule has 2 heterocycles. The van der Waals surface area contributed by atoms with Gasteiger partial charge in [-0.3, -0.25) is 0 Å². The molecule has 0 unspecified atom stereocenters. The van der Waals surface area contributed by atoms with Crippen molar-refractivity contribution in [2.45, 2.75) is 19.9 Å². The number of rotatable bonds is 0. The highest BCUT2D eigenvalue weighted by Crippen LogP contribution is 2.06. The summed E-state index contributed by atoms with van der Waals surface area (Å²) in [6.45, 7) is 3.69. The fourth-order valence-corrected chi connectivity index (χ4v) is 1.22. The average Bonchev–Trinajstić information content (AvgIpc) is 2.04. The molecule has 0 aromatic carbocycles. The van der Waals surface area contributed by atoms with Gasteiger partial charge in [0, 0.05) is 19.5 Å². The van der Waals surface area contributed by atoms with Crippen molar-refractivity contribution < 1.29 is 0 Å². The van der Waals surface area contributed by atoms with Crippen LogP contribution in [0.1, 0.15) is 17.2 Å². The molecule has 0 atom stereocenters. The van der Waals surface area contributed by atoms with Crippen LogP contribution in [-0.2, 0) is 13.0 Å². The zero-order valence-electron chi connectivity index (χ0n) is 6.46. The fourth-order valence-electron chi connectivity index (χ4n) is 1.22. The van der Waals surface area contributed by atoms with Crippen LogP contribution in [0, 0.1) is 6.92 Å². The summed E-state index contributed by atoms with van der Waals surface area (Å²) < 4.78 is 0. The van der Waals surface area contributed by atoms with Crippen LogP contribution in [0.25, 0.3) is 0 Å². The second-order valence-corrected chi connectivity index (χ2v) is 2.68. The number of hydrogen-bond donors (Lipinski definition) is 1. The first-order valence-corrected chi connectivity index (χ1v) is 3.76. The van der Waals surface area contributed by atoms with Crippen molar-refractivity contribution in [1.82, 2.24) is 20.5 Å². The van der Waals surface area contributed by atoms with Gasteiger partial charge in [-0.2, -0.15) is 5.10 Å². The largest absolute Gasteiger partial charge is 0.311 e. The molecule has 1 aromatic rings. The first-order chi connectivity index (χ1) is 5.36. The highest BCUT2D eigenvalue weighted by molar-refractivity contribution is 5.12. The van der Waals surface area contributed by atoms with Crippen LogP contribution in [0.2, 0.25) is 0 Å². The maximum absolute atomic E-state index is 4.30. The molecule has 0 spiro atoms. The number of hydrogen-bond acceptors (Lipinski definition) is 4. The maximum Gasteiger partial charge on any atom is 0.148 e. The summed E-state index contributed by atoms with van der Waals surface area (Å²) in [5.74, 6) is 0.769. The monoisotopic (exact) mass is 150 g/mol. The molecular formula is C7H10N4. The Morgan fingerprint density at radius 2 is 2.18 bits per heavy atom. The molecular weight excluding hydrogens is 140 g/mol. The van der Waals surface area contributed by atoms with Crippen LogP contribution in [0.3, 0.4) is 0 Å². The lowest BCUT2D eigenvalue weighted by Crippen LogP contribution is -2.26. The molecule has 2 rings (SSSR count). The van der Waals surface area contributed by atoms with Gasteiger partial charge in [0.15, 0.2) is 0 Å². The predicted octanol–water partition coefficient (Wildman–Crippen LogP) is -0.174. The van der Waals surface area contributed by atoms with Crippen LogP contribution in [0.4, 0.5) is 0 Å². The zero-order chi connectivity index (χ0) is 7.68. The lowest BCUT2D eigenvalue weighted by atomic mass is 10.2. The number of fused-ring (bicyclic) bond motifs is 1. The van der Waals surface area contributed by atoms with Gasteiger partial charge < -0.3 is 5.32 Å². The van der Waals surface area contributed by atoms with Crippen molar-refractivity contribution in [2.75, 3.05) is 6.54 Å². The Labute approximate surface area is 65.1 Å². The fraction of sp³-hybridized carbons (Fsp3) is 0.571. The second-order valence-electron chi connectivity index (χ2n) is 2.68. The maximum atomic E-state index is 4.30. The van der Waals surface area contributed by atoms with Crippen molar-refractivity contribution in [1.29, 1.82) is 0 Å². The van der Waals surface area contributed by atoms with Crippen molar-refractivity contribution in [2.24, 2.45) is 0 Å². The first kappa shape index (κ1) is 6.67. The highest BCUT2D eigenvalue weighted by Gasteiger charge is 2.11. The van der Waals surface area contributed by atoms with E-state index in [4.69, 9.17) is 0 Å². The molecule has 1 N–H and O–H groups in total. The number of nitrogens with one attached hydrogen (secondary N) is 1. The summed E-state index contributed by atoms with van der Waals surface area (Å²) in [4.78, 5) is 4.30. The minimum absolute atomic E-state index is 0.769. The summed E-state index contributed by atoms with van der Waals surface area (Å²) in [7, 11) is 0. The molecule has 1 aliphatic heterocycles. The van der Waals surface area contributed by atoms with E-state index in [1.54, 1.807) is 0 Å². The lowest BCUT2D eigenvalue weighted by molar-refractivity contribution is 0.593. The Morgan fingerprint density at radius 1 is 1.27 bits per heavy atom. The SMILES string of the molecule is Cc1nnc2c(n1)CCNC2. The molecule has 1 aromatic heterocycles. The topological polar surface area (TPSA) is 50.7 Å². The Balaban J connectivity index is 2.43. The van der Waals surface area contributed by atoms with Gasteiger partial charge in [-0.1, -0.05) is 0 Å². The van der Waals surface area contributed by atoms with Gasteiger partial charge in [0.2, 0.25) is 0 Å². The Kier molecular flexibility index (Phi) is 1.54. The molecule has 11 heavy (non-hydrogen) atoms. The summed E-state index contributed by atoms with van der Waals surface area (Å²) in [5, 5.41) is 11.2. The van der Waals surface area contributed by atoms with E-state index in [9.17, 15) is 0 Å². The van der Waals surface area contributed by atoms with E-state index in [0.29, 0.717) is 0 Å². The third kappa shape index (κ3) is 1.21. The smallest absolute Gasteiger partial charge is 0.148 e. The minimum Gasteiger partial charge on any atom is -0.311 e. The second kappa shape index (κ2) is 2.54. The van der Waals surface area contributed by atoms with E-state index in [0.717, 1.165) is 36.7 Å². The molecule has 1 aliphatic rings. The van der Waals surface area contributed by atoms with Gasteiger partial charge in [-0.05, 0) is 6.92 Å². The molecule has 4 nitrogen and oxygen atoms in total. The van der Waals surface area contributed by atoms with Crippen LogP contribution in [0.5, 0.6) is 0 Å². The molecule has 0 saturated carbocycles. The Morgan fingerprint density at radius 3 is 3.09 bits per heavy atom. The zero-order valence-corrected chi connectivity index (χ0v) is 6.46. The minimum atomic E-state index is 0.769. The molecule has 0 saturated heterocycles. The summed E-state index contributed by atoms with van der Waals surface area (Å²) in [5.41, 5.74) is 2.11. The van der Waals surface area contributed by atoms with Gasteiger partial charge in [0.05, 0.1) is 11.4 Å². The van der Waals surface area contributed by atoms with Crippen LogP contribution >= 0.6 is 0 Å². The van der Waals surface area contributed by atoms with E-state index >= 15 is 0 Å². The third-order valence-corrected chi connectivity index (χ3v) is 1.78. The van der Waals surface area contributed by atoms with Crippen molar-refractivity contribution >= 4 is 0 Å². The Hall–Kier alpha value is -1.03. The number of aromatic nitrogens is 3. The normalized spacial score (nSPS) is 16.1. The molecule has 0 amide bonds. The van der Waals surface area contributed by atoms with Crippen molar-refractivity contribution in [3.05, 3.63) is 17.2 Å². The van der Waals surface area contributed by atoms with E-state index in [1.807, 2.05) is 6.92 Å². The van der Waals surface area contributed by atoms with Gasteiger partial charge in [-0.25, -0.2) is 4.98 Å². The van der Waals surface area contributed by atoms with Crippen LogP contribution in [0.15, 0.2) is 0 Å². The quantitative estimate of drug-likeness (QED) is 0.557. The van der Waals surface area contributed by atoms with Crippen LogP contribution < -0.4 is 5.32 Å². The molecule has 58 valence electrons. The molecule has 0 fully saturated rings. The number of aryl methyl sites for hydroxylation is 1. The lowest BCUT2D eigenvalue weighted by Gasteiger charge is -2.13. The van der Waals surface area contributed by atoms with Gasteiger partial charge in [0.1, 0.15) is 5.82 Å². The van der Waals surface area contributed by atoms with Crippen molar-refractivity contribution in [3.63, 3.8) is 0 Å². The summed E-state index contributed by atoms with van der Waals surface area (Å²) >= 11 is 0. The van der Waals surface area contributed by atoms with Gasteiger partial charge in [-0.15, -0.1) is 5.10 Å². The standard InChI is InChI=1S/C7H10N4/c1-5-9-6-2-3-8-4-7(6)11-10-5/h8H,2-4H2,1H3. The molecule has 0 bridgehead atoms. The van der Waals surface area contributed by atoms with E-state index in [-0.39, 0.29) is 0 Å².